The van der Waals surface area contributed by atoms with Gasteiger partial charge in [-0.25, -0.2) is 5.43 Å². The van der Waals surface area contributed by atoms with Crippen LogP contribution in [0.4, 0.5) is 5.69 Å². The summed E-state index contributed by atoms with van der Waals surface area (Å²) < 4.78 is 0. The number of nitro benzene ring substituents is 1. The van der Waals surface area contributed by atoms with Crippen LogP contribution in [-0.2, 0) is 11.2 Å². The van der Waals surface area contributed by atoms with E-state index in [1.54, 1.807) is 43.3 Å². The number of hydrogen-bond acceptors (Lipinski definition) is 5. The van der Waals surface area contributed by atoms with Gasteiger partial charge in [-0.05, 0) is 48.2 Å². The van der Waals surface area contributed by atoms with Gasteiger partial charge in [0.1, 0.15) is 5.70 Å². The highest BCUT2D eigenvalue weighted by molar-refractivity contribution is 6.06. The molecule has 0 atom stereocenters. The Labute approximate surface area is 197 Å². The molecule has 0 unspecified atom stereocenters. The number of nitro groups is 1. The van der Waals surface area contributed by atoms with E-state index >= 15 is 0 Å². The highest BCUT2D eigenvalue weighted by Crippen LogP contribution is 2.16. The average molecular weight is 457 g/mol. The minimum atomic E-state index is -0.666. The van der Waals surface area contributed by atoms with Crippen molar-refractivity contribution >= 4 is 29.3 Å². The van der Waals surface area contributed by atoms with Crippen molar-refractivity contribution in [2.24, 2.45) is 5.10 Å². The fourth-order valence-electron chi connectivity index (χ4n) is 3.08. The summed E-state index contributed by atoms with van der Waals surface area (Å²) in [6, 6.07) is 22.0. The number of carbonyl (C=O) groups is 2. The van der Waals surface area contributed by atoms with Crippen LogP contribution in [0.2, 0.25) is 0 Å². The maximum absolute atomic E-state index is 12.9. The van der Waals surface area contributed by atoms with Crippen molar-refractivity contribution in [3.05, 3.63) is 117 Å². The molecule has 0 radical (unpaired) electrons. The lowest BCUT2D eigenvalue weighted by Gasteiger charge is -2.10. The van der Waals surface area contributed by atoms with Crippen molar-refractivity contribution in [2.45, 2.75) is 20.3 Å². The largest absolute Gasteiger partial charge is 0.317 e. The van der Waals surface area contributed by atoms with Gasteiger partial charge in [0.15, 0.2) is 0 Å². The molecule has 3 rings (SSSR count). The van der Waals surface area contributed by atoms with Gasteiger partial charge in [-0.2, -0.15) is 5.10 Å². The fraction of sp³-hybridized carbons (Fsp3) is 0.115. The molecule has 3 aromatic rings. The molecule has 0 spiro atoms. The van der Waals surface area contributed by atoms with Gasteiger partial charge in [0, 0.05) is 17.7 Å². The van der Waals surface area contributed by atoms with Crippen LogP contribution in [-0.4, -0.2) is 22.4 Å². The molecular weight excluding hydrogens is 432 g/mol. The lowest BCUT2D eigenvalue weighted by atomic mass is 10.1. The van der Waals surface area contributed by atoms with Crippen LogP contribution in [0, 0.1) is 10.1 Å². The van der Waals surface area contributed by atoms with Crippen molar-refractivity contribution in [1.29, 1.82) is 0 Å². The van der Waals surface area contributed by atoms with E-state index < -0.39 is 16.7 Å². The number of carbonyl (C=O) groups excluding carboxylic acids is 2. The summed E-state index contributed by atoms with van der Waals surface area (Å²) in [6.45, 7) is 3.82. The maximum Gasteiger partial charge on any atom is 0.287 e. The first kappa shape index (κ1) is 24.1. The first-order valence-electron chi connectivity index (χ1n) is 10.6. The van der Waals surface area contributed by atoms with E-state index in [2.05, 4.69) is 22.8 Å². The molecule has 0 heterocycles. The van der Waals surface area contributed by atoms with Gasteiger partial charge in [0.25, 0.3) is 17.5 Å². The predicted octanol–water partition coefficient (Wildman–Crippen LogP) is 4.47. The third-order valence-corrected chi connectivity index (χ3v) is 5.03. The van der Waals surface area contributed by atoms with E-state index in [4.69, 9.17) is 0 Å². The topological polar surface area (TPSA) is 114 Å². The summed E-state index contributed by atoms with van der Waals surface area (Å²) in [5.74, 6) is -1.16. The Hall–Kier alpha value is -4.59. The quantitative estimate of drug-likeness (QED) is 0.225. The number of amides is 2. The molecule has 0 fully saturated rings. The first-order valence-corrected chi connectivity index (χ1v) is 10.6. The highest BCUT2D eigenvalue weighted by atomic mass is 16.6. The number of nitrogens with one attached hydrogen (secondary N) is 2. The zero-order valence-electron chi connectivity index (χ0n) is 18.8. The summed E-state index contributed by atoms with van der Waals surface area (Å²) in [4.78, 5) is 36.2. The number of aryl methyl sites for hydroxylation is 1. The second-order valence-electron chi connectivity index (χ2n) is 7.42. The van der Waals surface area contributed by atoms with Gasteiger partial charge >= 0.3 is 0 Å². The molecule has 172 valence electrons. The monoisotopic (exact) mass is 456 g/mol. The van der Waals surface area contributed by atoms with Gasteiger partial charge in [-0.15, -0.1) is 0 Å². The highest BCUT2D eigenvalue weighted by Gasteiger charge is 2.15. The average Bonchev–Trinajstić information content (AvgIpc) is 2.87. The third-order valence-electron chi connectivity index (χ3n) is 5.03. The molecule has 0 aromatic heterocycles. The van der Waals surface area contributed by atoms with E-state index in [-0.39, 0.29) is 11.4 Å². The smallest absolute Gasteiger partial charge is 0.287 e. The molecule has 8 nitrogen and oxygen atoms in total. The Morgan fingerprint density at radius 2 is 1.68 bits per heavy atom. The zero-order chi connectivity index (χ0) is 24.5. The van der Waals surface area contributed by atoms with E-state index in [1.165, 1.54) is 29.8 Å². The number of nitrogens with zero attached hydrogens (tertiary/aromatic N) is 2. The zero-order valence-corrected chi connectivity index (χ0v) is 18.8. The van der Waals surface area contributed by atoms with E-state index in [1.807, 2.05) is 24.3 Å². The SMILES string of the molecule is CCc1ccc(/C(C)=N/NC(=O)/C(=C/c2cccc([N+](=O)[O-])c2)NC(=O)c2ccccc2)cc1. The minimum absolute atomic E-state index is 0.104. The minimum Gasteiger partial charge on any atom is -0.317 e. The van der Waals surface area contributed by atoms with Crippen molar-refractivity contribution in [3.8, 4) is 0 Å². The van der Waals surface area contributed by atoms with Gasteiger partial charge < -0.3 is 5.32 Å². The number of hydrogen-bond donors (Lipinski definition) is 2. The Morgan fingerprint density at radius 3 is 2.32 bits per heavy atom. The standard InChI is InChI=1S/C26H24N4O4/c1-3-19-12-14-21(15-13-19)18(2)28-29-26(32)24(27-25(31)22-9-5-4-6-10-22)17-20-8-7-11-23(16-20)30(33)34/h4-17H,3H2,1-2H3,(H,27,31)(H,29,32)/b24-17-,28-18+. The van der Waals surface area contributed by atoms with Gasteiger partial charge in [0.2, 0.25) is 0 Å². The molecular formula is C26H24N4O4. The lowest BCUT2D eigenvalue weighted by Crippen LogP contribution is -2.33. The molecule has 3 aromatic carbocycles. The molecule has 0 saturated carbocycles. The lowest BCUT2D eigenvalue weighted by molar-refractivity contribution is -0.384. The Kier molecular flexibility index (Phi) is 8.02. The van der Waals surface area contributed by atoms with Gasteiger partial charge in [0.05, 0.1) is 10.6 Å². The normalized spacial score (nSPS) is 11.6. The van der Waals surface area contributed by atoms with Crippen LogP contribution < -0.4 is 10.7 Å². The van der Waals surface area contributed by atoms with E-state index in [0.29, 0.717) is 16.8 Å². The third kappa shape index (κ3) is 6.46. The van der Waals surface area contributed by atoms with E-state index in [9.17, 15) is 19.7 Å². The van der Waals surface area contributed by atoms with Crippen molar-refractivity contribution in [2.75, 3.05) is 0 Å². The number of non-ortho nitro benzene ring substituents is 1. The second kappa shape index (κ2) is 11.3. The Morgan fingerprint density at radius 1 is 0.971 bits per heavy atom. The Bertz CT molecular complexity index is 1250. The van der Waals surface area contributed by atoms with Gasteiger partial charge in [-0.1, -0.05) is 61.5 Å². The first-order chi connectivity index (χ1) is 16.4. The second-order valence-corrected chi connectivity index (χ2v) is 7.42. The Balaban J connectivity index is 1.87. The van der Waals surface area contributed by atoms with Crippen LogP contribution in [0.15, 0.2) is 89.7 Å². The molecule has 0 saturated heterocycles. The summed E-state index contributed by atoms with van der Waals surface area (Å²) in [5, 5.41) is 17.8. The molecule has 2 amide bonds. The number of benzene rings is 3. The van der Waals surface area contributed by atoms with Crippen LogP contribution in [0.5, 0.6) is 0 Å². The predicted molar refractivity (Wildman–Crippen MR) is 131 cm³/mol. The summed E-state index contributed by atoms with van der Waals surface area (Å²) >= 11 is 0. The van der Waals surface area contributed by atoms with Crippen LogP contribution in [0.25, 0.3) is 6.08 Å². The molecule has 34 heavy (non-hydrogen) atoms. The molecule has 0 aliphatic carbocycles. The molecule has 0 bridgehead atoms. The summed E-state index contributed by atoms with van der Waals surface area (Å²) in [5.41, 5.74) is 5.57. The van der Waals surface area contributed by atoms with Crippen molar-refractivity contribution in [1.82, 2.24) is 10.7 Å². The summed E-state index contributed by atoms with van der Waals surface area (Å²) in [7, 11) is 0. The number of rotatable bonds is 8. The summed E-state index contributed by atoms with van der Waals surface area (Å²) in [6.07, 6.45) is 2.28. The van der Waals surface area contributed by atoms with Crippen molar-refractivity contribution < 1.29 is 14.5 Å². The molecule has 8 heteroatoms. The van der Waals surface area contributed by atoms with Crippen LogP contribution >= 0.6 is 0 Å². The van der Waals surface area contributed by atoms with E-state index in [0.717, 1.165) is 12.0 Å². The van der Waals surface area contributed by atoms with Crippen molar-refractivity contribution in [3.63, 3.8) is 0 Å². The van der Waals surface area contributed by atoms with Crippen LogP contribution in [0.1, 0.15) is 40.9 Å². The molecule has 0 aliphatic rings. The van der Waals surface area contributed by atoms with Crippen LogP contribution in [0.3, 0.4) is 0 Å². The number of hydrazone groups is 1. The molecule has 2 N–H and O–H groups in total. The maximum atomic E-state index is 12.9. The van der Waals surface area contributed by atoms with Gasteiger partial charge in [-0.3, -0.25) is 19.7 Å². The molecule has 0 aliphatic heterocycles. The fourth-order valence-corrected chi connectivity index (χ4v) is 3.08.